The summed E-state index contributed by atoms with van der Waals surface area (Å²) in [5, 5.41) is 4.56. The van der Waals surface area contributed by atoms with Gasteiger partial charge in [0.05, 0.1) is 22.8 Å². The van der Waals surface area contributed by atoms with Crippen LogP contribution in [0.1, 0.15) is 11.3 Å². The van der Waals surface area contributed by atoms with Crippen LogP contribution in [0.25, 0.3) is 5.69 Å². The molecule has 0 saturated heterocycles. The molecule has 4 rings (SSSR count). The van der Waals surface area contributed by atoms with Crippen molar-refractivity contribution in [3.05, 3.63) is 71.8 Å². The molecule has 1 aliphatic heterocycles. The first-order valence-electron chi connectivity index (χ1n) is 8.58. The highest BCUT2D eigenvalue weighted by Gasteiger charge is 2.23. The Bertz CT molecular complexity index is 1080. The van der Waals surface area contributed by atoms with Crippen molar-refractivity contribution in [2.45, 2.75) is 17.9 Å². The first-order valence-corrected chi connectivity index (χ1v) is 10.1. The number of benzene rings is 2. The number of nitrogens with zero attached hydrogens (tertiary/aromatic N) is 3. The van der Waals surface area contributed by atoms with Crippen LogP contribution in [0, 0.1) is 5.82 Å². The molecule has 0 spiro atoms. The summed E-state index contributed by atoms with van der Waals surface area (Å²) in [6.07, 6.45) is 2.70. The molecule has 0 radical (unpaired) electrons. The van der Waals surface area contributed by atoms with Gasteiger partial charge in [-0.05, 0) is 61.5 Å². The smallest absolute Gasteiger partial charge is 0.240 e. The first kappa shape index (κ1) is 17.7. The molecule has 0 atom stereocenters. The Kier molecular flexibility index (Phi) is 4.45. The van der Waals surface area contributed by atoms with E-state index in [1.165, 1.54) is 19.2 Å². The second-order valence-electron chi connectivity index (χ2n) is 6.40. The van der Waals surface area contributed by atoms with E-state index >= 15 is 0 Å². The average molecular weight is 386 g/mol. The van der Waals surface area contributed by atoms with Crippen molar-refractivity contribution in [1.29, 1.82) is 0 Å². The number of anilines is 1. The lowest BCUT2D eigenvalue weighted by Gasteiger charge is -2.18. The summed E-state index contributed by atoms with van der Waals surface area (Å²) in [6.45, 7) is 1.38. The molecular formula is C19H19FN4O2S. The number of fused-ring (bicyclic) bond motifs is 1. The molecule has 0 fully saturated rings. The SMILES string of the molecule is CNS(=O)(=O)c1ccc2c(c1)N(Cc1ccn(-c3ccc(F)cc3)n1)CC2. The Morgan fingerprint density at radius 2 is 1.93 bits per heavy atom. The van der Waals surface area contributed by atoms with Gasteiger partial charge in [-0.2, -0.15) is 5.10 Å². The topological polar surface area (TPSA) is 67.2 Å². The fourth-order valence-electron chi connectivity index (χ4n) is 3.25. The third-order valence-corrected chi connectivity index (χ3v) is 6.13. The van der Waals surface area contributed by atoms with Gasteiger partial charge < -0.3 is 4.90 Å². The van der Waals surface area contributed by atoms with Crippen molar-refractivity contribution in [2.75, 3.05) is 18.5 Å². The lowest BCUT2D eigenvalue weighted by Crippen LogP contribution is -2.21. The van der Waals surface area contributed by atoms with E-state index in [0.29, 0.717) is 6.54 Å². The molecule has 0 saturated carbocycles. The Morgan fingerprint density at radius 1 is 1.15 bits per heavy atom. The molecule has 6 nitrogen and oxygen atoms in total. The van der Waals surface area contributed by atoms with E-state index in [9.17, 15) is 12.8 Å². The molecule has 1 aliphatic rings. The zero-order valence-corrected chi connectivity index (χ0v) is 15.6. The van der Waals surface area contributed by atoms with Gasteiger partial charge in [0.2, 0.25) is 10.0 Å². The highest BCUT2D eigenvalue weighted by Crippen LogP contribution is 2.31. The van der Waals surface area contributed by atoms with Crippen LogP contribution in [-0.4, -0.2) is 31.8 Å². The number of hydrogen-bond acceptors (Lipinski definition) is 4. The van der Waals surface area contributed by atoms with Crippen LogP contribution in [0.3, 0.4) is 0 Å². The average Bonchev–Trinajstić information content (AvgIpc) is 3.30. The number of sulfonamides is 1. The van der Waals surface area contributed by atoms with E-state index in [2.05, 4.69) is 14.7 Å². The fraction of sp³-hybridized carbons (Fsp3) is 0.211. The van der Waals surface area contributed by atoms with E-state index in [1.54, 1.807) is 28.9 Å². The van der Waals surface area contributed by atoms with Crippen LogP contribution < -0.4 is 9.62 Å². The third-order valence-electron chi connectivity index (χ3n) is 4.72. The molecule has 2 heterocycles. The van der Waals surface area contributed by atoms with E-state index < -0.39 is 10.0 Å². The molecule has 2 aromatic carbocycles. The van der Waals surface area contributed by atoms with Crippen molar-refractivity contribution in [3.8, 4) is 5.69 Å². The lowest BCUT2D eigenvalue weighted by atomic mass is 10.2. The zero-order chi connectivity index (χ0) is 19.0. The molecule has 27 heavy (non-hydrogen) atoms. The maximum atomic E-state index is 13.1. The third kappa shape index (κ3) is 3.45. The number of hydrogen-bond donors (Lipinski definition) is 1. The molecule has 1 aromatic heterocycles. The fourth-order valence-corrected chi connectivity index (χ4v) is 4.00. The summed E-state index contributed by atoms with van der Waals surface area (Å²) < 4.78 is 41.3. The highest BCUT2D eigenvalue weighted by molar-refractivity contribution is 7.89. The van der Waals surface area contributed by atoms with Gasteiger partial charge in [0.25, 0.3) is 0 Å². The van der Waals surface area contributed by atoms with Crippen molar-refractivity contribution in [1.82, 2.24) is 14.5 Å². The molecule has 0 unspecified atom stereocenters. The normalized spacial score (nSPS) is 13.8. The van der Waals surface area contributed by atoms with Gasteiger partial charge in [-0.1, -0.05) is 6.07 Å². The molecule has 0 bridgehead atoms. The second kappa shape index (κ2) is 6.79. The largest absolute Gasteiger partial charge is 0.365 e. The molecule has 8 heteroatoms. The number of rotatable bonds is 5. The summed E-state index contributed by atoms with van der Waals surface area (Å²) in [4.78, 5) is 2.38. The number of halogens is 1. The Balaban J connectivity index is 1.57. The van der Waals surface area contributed by atoms with E-state index in [4.69, 9.17) is 0 Å². The van der Waals surface area contributed by atoms with Gasteiger partial charge in [-0.25, -0.2) is 22.2 Å². The van der Waals surface area contributed by atoms with Crippen molar-refractivity contribution >= 4 is 15.7 Å². The maximum Gasteiger partial charge on any atom is 0.240 e. The molecule has 3 aromatic rings. The van der Waals surface area contributed by atoms with Crippen LogP contribution in [-0.2, 0) is 23.0 Å². The minimum Gasteiger partial charge on any atom is -0.365 e. The Morgan fingerprint density at radius 3 is 2.67 bits per heavy atom. The summed E-state index contributed by atoms with van der Waals surface area (Å²) >= 11 is 0. The van der Waals surface area contributed by atoms with E-state index in [1.807, 2.05) is 18.3 Å². The van der Waals surface area contributed by atoms with E-state index in [-0.39, 0.29) is 10.7 Å². The second-order valence-corrected chi connectivity index (χ2v) is 8.28. The van der Waals surface area contributed by atoms with E-state index in [0.717, 1.165) is 35.6 Å². The van der Waals surface area contributed by atoms with Crippen LogP contribution in [0.15, 0.2) is 59.6 Å². The van der Waals surface area contributed by atoms with Gasteiger partial charge in [-0.15, -0.1) is 0 Å². The number of nitrogens with one attached hydrogen (secondary N) is 1. The van der Waals surface area contributed by atoms with Gasteiger partial charge in [-0.3, -0.25) is 0 Å². The molecular weight excluding hydrogens is 367 g/mol. The van der Waals surface area contributed by atoms with Gasteiger partial charge >= 0.3 is 0 Å². The monoisotopic (exact) mass is 386 g/mol. The van der Waals surface area contributed by atoms with Gasteiger partial charge in [0.1, 0.15) is 5.82 Å². The standard InChI is InChI=1S/C19H19FN4O2S/c1-21-27(25,26)18-7-2-14-8-10-23(19(14)12-18)13-16-9-11-24(22-16)17-5-3-15(20)4-6-17/h2-7,9,11-12,21H,8,10,13H2,1H3. The Labute approximate surface area is 157 Å². The summed E-state index contributed by atoms with van der Waals surface area (Å²) in [5.74, 6) is -0.285. The summed E-state index contributed by atoms with van der Waals surface area (Å²) in [6, 6.07) is 13.3. The van der Waals surface area contributed by atoms with Crippen molar-refractivity contribution in [2.24, 2.45) is 0 Å². The lowest BCUT2D eigenvalue weighted by molar-refractivity contribution is 0.588. The van der Waals surface area contributed by atoms with Gasteiger partial charge in [0.15, 0.2) is 0 Å². The Hall–Kier alpha value is -2.71. The molecule has 0 aliphatic carbocycles. The van der Waals surface area contributed by atoms with Crippen LogP contribution >= 0.6 is 0 Å². The van der Waals surface area contributed by atoms with Crippen molar-refractivity contribution in [3.63, 3.8) is 0 Å². The number of aromatic nitrogens is 2. The first-order chi connectivity index (χ1) is 13.0. The van der Waals surface area contributed by atoms with Crippen LogP contribution in [0.4, 0.5) is 10.1 Å². The quantitative estimate of drug-likeness (QED) is 0.732. The minimum absolute atomic E-state index is 0.257. The minimum atomic E-state index is -3.48. The molecule has 140 valence electrons. The molecule has 0 amide bonds. The highest BCUT2D eigenvalue weighted by atomic mass is 32.2. The zero-order valence-electron chi connectivity index (χ0n) is 14.8. The summed E-state index contributed by atoms with van der Waals surface area (Å²) in [7, 11) is -2.07. The summed E-state index contributed by atoms with van der Waals surface area (Å²) in [5.41, 5.74) is 3.69. The van der Waals surface area contributed by atoms with Gasteiger partial charge in [0, 0.05) is 18.4 Å². The van der Waals surface area contributed by atoms with Crippen LogP contribution in [0.5, 0.6) is 0 Å². The van der Waals surface area contributed by atoms with Crippen LogP contribution in [0.2, 0.25) is 0 Å². The predicted molar refractivity (Wildman–Crippen MR) is 101 cm³/mol. The predicted octanol–water partition coefficient (Wildman–Crippen LogP) is 2.48. The maximum absolute atomic E-state index is 13.1. The molecule has 1 N–H and O–H groups in total. The van der Waals surface area contributed by atoms with Crippen molar-refractivity contribution < 1.29 is 12.8 Å².